The zero-order chi connectivity index (χ0) is 17.3. The fraction of sp³-hybridized carbons (Fsp3) is 0.421. The zero-order valence-corrected chi connectivity index (χ0v) is 14.1. The van der Waals surface area contributed by atoms with Crippen LogP contribution in [-0.4, -0.2) is 57.7 Å². The average molecular weight is 338 g/mol. The average Bonchev–Trinajstić information content (AvgIpc) is 2.68. The van der Waals surface area contributed by atoms with Gasteiger partial charge in [0.25, 0.3) is 5.91 Å². The lowest BCUT2D eigenvalue weighted by Gasteiger charge is -2.40. The van der Waals surface area contributed by atoms with Gasteiger partial charge in [-0.2, -0.15) is 0 Å². The van der Waals surface area contributed by atoms with Crippen molar-refractivity contribution in [2.24, 2.45) is 0 Å². The number of carbonyl (C=O) groups excluding carboxylic acids is 1. The lowest BCUT2D eigenvalue weighted by molar-refractivity contribution is -0.152. The molecule has 0 saturated carbocycles. The Morgan fingerprint density at radius 3 is 2.56 bits per heavy atom. The first-order valence-electron chi connectivity index (χ1n) is 8.75. The molecule has 0 radical (unpaired) electrons. The summed E-state index contributed by atoms with van der Waals surface area (Å²) in [6.45, 7) is 2.60. The summed E-state index contributed by atoms with van der Waals surface area (Å²) >= 11 is 0. The molecule has 6 heteroatoms. The molecule has 4 rings (SSSR count). The summed E-state index contributed by atoms with van der Waals surface area (Å²) in [5.41, 5.74) is 1.05. The first-order chi connectivity index (χ1) is 12.2. The van der Waals surface area contributed by atoms with E-state index < -0.39 is 5.60 Å². The highest BCUT2D eigenvalue weighted by atomic mass is 16.3. The molecule has 1 saturated heterocycles. The number of carbonyl (C=O) groups is 1. The number of aliphatic hydroxyl groups is 1. The Hall–Kier alpha value is -2.47. The van der Waals surface area contributed by atoms with Crippen LogP contribution in [0.15, 0.2) is 42.9 Å². The normalized spacial score (nSPS) is 23.2. The van der Waals surface area contributed by atoms with E-state index in [1.165, 1.54) is 5.56 Å². The van der Waals surface area contributed by atoms with E-state index in [0.29, 0.717) is 39.0 Å². The molecule has 0 spiro atoms. The van der Waals surface area contributed by atoms with Gasteiger partial charge >= 0.3 is 0 Å². The summed E-state index contributed by atoms with van der Waals surface area (Å²) in [5.74, 6) is 0.695. The minimum atomic E-state index is -1.27. The van der Waals surface area contributed by atoms with Crippen molar-refractivity contribution in [1.82, 2.24) is 14.9 Å². The van der Waals surface area contributed by atoms with Crippen LogP contribution < -0.4 is 4.90 Å². The molecular weight excluding hydrogens is 316 g/mol. The van der Waals surface area contributed by atoms with E-state index in [-0.39, 0.29) is 5.91 Å². The molecule has 1 aliphatic heterocycles. The maximum atomic E-state index is 13.0. The van der Waals surface area contributed by atoms with E-state index in [0.717, 1.165) is 17.8 Å². The SMILES string of the molecule is O=C(N1CCN(c2cnccn2)CC1)C1(O)CCc2ccccc2C1. The fourth-order valence-corrected chi connectivity index (χ4v) is 3.79. The summed E-state index contributed by atoms with van der Waals surface area (Å²) in [5, 5.41) is 11.0. The Bertz CT molecular complexity index is 759. The summed E-state index contributed by atoms with van der Waals surface area (Å²) in [6.07, 6.45) is 6.72. The van der Waals surface area contributed by atoms with Crippen LogP contribution in [0.25, 0.3) is 0 Å². The van der Waals surface area contributed by atoms with Crippen LogP contribution in [0.5, 0.6) is 0 Å². The van der Waals surface area contributed by atoms with Crippen molar-refractivity contribution in [2.75, 3.05) is 31.1 Å². The fourth-order valence-electron chi connectivity index (χ4n) is 3.79. The molecule has 1 aromatic heterocycles. The van der Waals surface area contributed by atoms with E-state index in [1.54, 1.807) is 23.5 Å². The van der Waals surface area contributed by atoms with Crippen LogP contribution in [0.2, 0.25) is 0 Å². The zero-order valence-electron chi connectivity index (χ0n) is 14.1. The Balaban J connectivity index is 1.42. The van der Waals surface area contributed by atoms with Crippen molar-refractivity contribution in [1.29, 1.82) is 0 Å². The summed E-state index contributed by atoms with van der Waals surface area (Å²) in [6, 6.07) is 8.07. The van der Waals surface area contributed by atoms with E-state index in [2.05, 4.69) is 20.9 Å². The molecule has 1 fully saturated rings. The molecule has 1 amide bonds. The third kappa shape index (κ3) is 3.09. The Morgan fingerprint density at radius 2 is 1.84 bits per heavy atom. The van der Waals surface area contributed by atoms with Crippen molar-refractivity contribution in [3.8, 4) is 0 Å². The number of benzene rings is 1. The number of hydrogen-bond donors (Lipinski definition) is 1. The first-order valence-corrected chi connectivity index (χ1v) is 8.75. The predicted molar refractivity (Wildman–Crippen MR) is 94.2 cm³/mol. The molecule has 1 aromatic carbocycles. The van der Waals surface area contributed by atoms with Crippen LogP contribution in [0.3, 0.4) is 0 Å². The molecule has 1 atom stereocenters. The summed E-state index contributed by atoms with van der Waals surface area (Å²) in [7, 11) is 0. The summed E-state index contributed by atoms with van der Waals surface area (Å²) in [4.78, 5) is 25.3. The lowest BCUT2D eigenvalue weighted by Crippen LogP contribution is -2.57. The van der Waals surface area contributed by atoms with E-state index in [4.69, 9.17) is 0 Å². The second-order valence-corrected chi connectivity index (χ2v) is 6.82. The smallest absolute Gasteiger partial charge is 0.255 e. The number of nitrogens with zero attached hydrogens (tertiary/aromatic N) is 4. The van der Waals surface area contributed by atoms with Crippen molar-refractivity contribution in [3.63, 3.8) is 0 Å². The Morgan fingerprint density at radius 1 is 1.08 bits per heavy atom. The van der Waals surface area contributed by atoms with Gasteiger partial charge in [0, 0.05) is 45.0 Å². The van der Waals surface area contributed by atoms with Gasteiger partial charge < -0.3 is 14.9 Å². The molecule has 2 aliphatic rings. The van der Waals surface area contributed by atoms with Gasteiger partial charge in [0.15, 0.2) is 0 Å². The predicted octanol–water partition coefficient (Wildman–Crippen LogP) is 1.05. The highest BCUT2D eigenvalue weighted by Crippen LogP contribution is 2.30. The minimum Gasteiger partial charge on any atom is -0.380 e. The molecule has 0 bridgehead atoms. The maximum absolute atomic E-state index is 13.0. The van der Waals surface area contributed by atoms with E-state index in [1.807, 2.05) is 18.2 Å². The first kappa shape index (κ1) is 16.0. The van der Waals surface area contributed by atoms with Crippen molar-refractivity contribution in [3.05, 3.63) is 54.0 Å². The van der Waals surface area contributed by atoms with Crippen LogP contribution in [-0.2, 0) is 17.6 Å². The van der Waals surface area contributed by atoms with Crippen LogP contribution in [0, 0.1) is 0 Å². The monoisotopic (exact) mass is 338 g/mol. The molecule has 130 valence electrons. The van der Waals surface area contributed by atoms with Crippen molar-refractivity contribution < 1.29 is 9.90 Å². The number of anilines is 1. The number of amides is 1. The topological polar surface area (TPSA) is 69.6 Å². The van der Waals surface area contributed by atoms with Gasteiger partial charge in [-0.1, -0.05) is 24.3 Å². The Labute approximate surface area is 147 Å². The third-order valence-corrected chi connectivity index (χ3v) is 5.25. The molecule has 1 unspecified atom stereocenters. The number of piperazine rings is 1. The number of hydrogen-bond acceptors (Lipinski definition) is 5. The summed E-state index contributed by atoms with van der Waals surface area (Å²) < 4.78 is 0. The van der Waals surface area contributed by atoms with Crippen LogP contribution in [0.4, 0.5) is 5.82 Å². The second kappa shape index (κ2) is 6.44. The molecule has 25 heavy (non-hydrogen) atoms. The van der Waals surface area contributed by atoms with Gasteiger partial charge in [0.2, 0.25) is 0 Å². The molecule has 1 aliphatic carbocycles. The lowest BCUT2D eigenvalue weighted by atomic mass is 9.79. The van der Waals surface area contributed by atoms with Gasteiger partial charge in [0.05, 0.1) is 6.20 Å². The molecule has 2 aromatic rings. The van der Waals surface area contributed by atoms with Crippen molar-refractivity contribution >= 4 is 11.7 Å². The Kier molecular flexibility index (Phi) is 4.13. The second-order valence-electron chi connectivity index (χ2n) is 6.82. The molecule has 6 nitrogen and oxygen atoms in total. The highest BCUT2D eigenvalue weighted by Gasteiger charge is 2.42. The van der Waals surface area contributed by atoms with Gasteiger partial charge in [-0.05, 0) is 24.0 Å². The standard InChI is InChI=1S/C19H22N4O2/c24-18(19(25)6-5-15-3-1-2-4-16(15)13-19)23-11-9-22(10-12-23)17-14-20-7-8-21-17/h1-4,7-8,14,25H,5-6,9-13H2. The van der Waals surface area contributed by atoms with Gasteiger partial charge in [-0.15, -0.1) is 0 Å². The third-order valence-electron chi connectivity index (χ3n) is 5.25. The van der Waals surface area contributed by atoms with Crippen LogP contribution >= 0.6 is 0 Å². The van der Waals surface area contributed by atoms with Crippen molar-refractivity contribution in [2.45, 2.75) is 24.9 Å². The highest BCUT2D eigenvalue weighted by molar-refractivity contribution is 5.86. The number of rotatable bonds is 2. The van der Waals surface area contributed by atoms with Gasteiger partial charge in [0.1, 0.15) is 11.4 Å². The maximum Gasteiger partial charge on any atom is 0.255 e. The minimum absolute atomic E-state index is 0.138. The van der Waals surface area contributed by atoms with E-state index >= 15 is 0 Å². The van der Waals surface area contributed by atoms with Crippen LogP contribution in [0.1, 0.15) is 17.5 Å². The largest absolute Gasteiger partial charge is 0.380 e. The van der Waals surface area contributed by atoms with E-state index in [9.17, 15) is 9.90 Å². The number of fused-ring (bicyclic) bond motifs is 1. The quantitative estimate of drug-likeness (QED) is 0.886. The molecule has 1 N–H and O–H groups in total. The number of aryl methyl sites for hydroxylation is 1. The van der Waals surface area contributed by atoms with Gasteiger partial charge in [-0.25, -0.2) is 4.98 Å². The number of aromatic nitrogens is 2. The van der Waals surface area contributed by atoms with Gasteiger partial charge in [-0.3, -0.25) is 9.78 Å². The molecule has 2 heterocycles. The molecular formula is C19H22N4O2.